The molecule has 0 spiro atoms. The van der Waals surface area contributed by atoms with Crippen LogP contribution < -0.4 is 5.32 Å². The number of halogens is 1. The maximum absolute atomic E-state index is 12.2. The zero-order valence-corrected chi connectivity index (χ0v) is 15.7. The smallest absolute Gasteiger partial charge is 0.337 e. The van der Waals surface area contributed by atoms with Crippen LogP contribution in [0.4, 0.5) is 5.69 Å². The van der Waals surface area contributed by atoms with E-state index in [1.54, 1.807) is 0 Å². The molecule has 0 atom stereocenters. The maximum atomic E-state index is 12.2. The van der Waals surface area contributed by atoms with E-state index in [0.717, 1.165) is 17.3 Å². The molecule has 0 aliphatic heterocycles. The fraction of sp³-hybridized carbons (Fsp3) is 0.111. The van der Waals surface area contributed by atoms with Gasteiger partial charge in [0.25, 0.3) is 5.22 Å². The van der Waals surface area contributed by atoms with Crippen molar-refractivity contribution in [1.82, 2.24) is 10.2 Å². The molecule has 3 aromatic rings. The third-order valence-corrected chi connectivity index (χ3v) is 4.56. The molecule has 0 saturated carbocycles. The van der Waals surface area contributed by atoms with Crippen LogP contribution in [0.15, 0.2) is 58.2 Å². The third-order valence-electron chi connectivity index (χ3n) is 3.42. The average molecular weight is 404 g/mol. The summed E-state index contributed by atoms with van der Waals surface area (Å²) in [6, 6.07) is 13.8. The van der Waals surface area contributed by atoms with Crippen molar-refractivity contribution in [3.63, 3.8) is 0 Å². The number of rotatable bonds is 6. The third kappa shape index (κ3) is 4.87. The topological polar surface area (TPSA) is 94.3 Å². The Kier molecular flexibility index (Phi) is 6.10. The molecule has 138 valence electrons. The Labute approximate surface area is 164 Å². The van der Waals surface area contributed by atoms with Gasteiger partial charge in [0.15, 0.2) is 0 Å². The lowest BCUT2D eigenvalue weighted by Gasteiger charge is -2.08. The van der Waals surface area contributed by atoms with Crippen molar-refractivity contribution in [2.24, 2.45) is 0 Å². The van der Waals surface area contributed by atoms with E-state index in [1.165, 1.54) is 25.3 Å². The number of methoxy groups -OCH3 is 1. The van der Waals surface area contributed by atoms with Gasteiger partial charge < -0.3 is 14.5 Å². The van der Waals surface area contributed by atoms with Crippen molar-refractivity contribution >= 4 is 40.9 Å². The molecule has 0 fully saturated rings. The highest BCUT2D eigenvalue weighted by atomic mass is 35.5. The molecule has 0 radical (unpaired) electrons. The number of hydrogen-bond acceptors (Lipinski definition) is 7. The summed E-state index contributed by atoms with van der Waals surface area (Å²) in [5.74, 6) is -0.429. The molecule has 0 aliphatic rings. The summed E-state index contributed by atoms with van der Waals surface area (Å²) in [7, 11) is 1.28. The summed E-state index contributed by atoms with van der Waals surface area (Å²) < 4.78 is 10.2. The maximum Gasteiger partial charge on any atom is 0.337 e. The van der Waals surface area contributed by atoms with E-state index in [1.807, 2.05) is 30.3 Å². The predicted octanol–water partition coefficient (Wildman–Crippen LogP) is 3.91. The molecular formula is C18H14ClN3O4S. The molecule has 7 nitrogen and oxygen atoms in total. The molecule has 1 heterocycles. The minimum absolute atomic E-state index is 0.0369. The summed E-state index contributed by atoms with van der Waals surface area (Å²) in [6.07, 6.45) is 0. The van der Waals surface area contributed by atoms with E-state index in [9.17, 15) is 9.59 Å². The lowest BCUT2D eigenvalue weighted by molar-refractivity contribution is -0.113. The molecule has 0 unspecified atom stereocenters. The Morgan fingerprint density at radius 2 is 1.96 bits per heavy atom. The van der Waals surface area contributed by atoms with Crippen LogP contribution >= 0.6 is 23.4 Å². The first kappa shape index (κ1) is 18.9. The van der Waals surface area contributed by atoms with E-state index in [-0.39, 0.29) is 22.4 Å². The number of benzene rings is 2. The standard InChI is InChI=1S/C18H14ClN3O4S/c1-25-17(24)12-7-8-13(19)14(9-12)20-15(23)10-27-18-22-21-16(26-18)11-5-3-2-4-6-11/h2-9H,10H2,1H3,(H,20,23). The van der Waals surface area contributed by atoms with Crippen molar-refractivity contribution in [1.29, 1.82) is 0 Å². The van der Waals surface area contributed by atoms with Gasteiger partial charge in [-0.1, -0.05) is 41.6 Å². The van der Waals surface area contributed by atoms with Crippen LogP contribution in [0, 0.1) is 0 Å². The summed E-state index contributed by atoms with van der Waals surface area (Å²) in [5.41, 5.74) is 1.41. The molecule has 3 rings (SSSR count). The van der Waals surface area contributed by atoms with E-state index < -0.39 is 5.97 Å². The number of ether oxygens (including phenoxy) is 1. The fourth-order valence-electron chi connectivity index (χ4n) is 2.14. The van der Waals surface area contributed by atoms with Gasteiger partial charge in [0.05, 0.1) is 29.1 Å². The Morgan fingerprint density at radius 3 is 2.70 bits per heavy atom. The molecular weight excluding hydrogens is 390 g/mol. The van der Waals surface area contributed by atoms with E-state index in [4.69, 9.17) is 16.0 Å². The van der Waals surface area contributed by atoms with Crippen LogP contribution in [-0.2, 0) is 9.53 Å². The average Bonchev–Trinajstić information content (AvgIpc) is 3.17. The molecule has 0 bridgehead atoms. The van der Waals surface area contributed by atoms with Crippen LogP contribution in [0.2, 0.25) is 5.02 Å². The summed E-state index contributed by atoms with van der Waals surface area (Å²) in [4.78, 5) is 23.8. The van der Waals surface area contributed by atoms with Crippen LogP contribution in [0.25, 0.3) is 11.5 Å². The minimum Gasteiger partial charge on any atom is -0.465 e. The number of nitrogens with zero attached hydrogens (tertiary/aromatic N) is 2. The van der Waals surface area contributed by atoms with Crippen molar-refractivity contribution in [3.8, 4) is 11.5 Å². The molecule has 9 heteroatoms. The molecule has 0 saturated heterocycles. The quantitative estimate of drug-likeness (QED) is 0.492. The minimum atomic E-state index is -0.518. The van der Waals surface area contributed by atoms with Gasteiger partial charge in [0, 0.05) is 5.56 Å². The van der Waals surface area contributed by atoms with Gasteiger partial charge in [-0.3, -0.25) is 4.79 Å². The van der Waals surface area contributed by atoms with Gasteiger partial charge in [0.1, 0.15) is 0 Å². The number of carbonyl (C=O) groups excluding carboxylic acids is 2. The van der Waals surface area contributed by atoms with Crippen molar-refractivity contribution in [2.75, 3.05) is 18.2 Å². The van der Waals surface area contributed by atoms with Crippen molar-refractivity contribution in [3.05, 3.63) is 59.1 Å². The lowest BCUT2D eigenvalue weighted by atomic mass is 10.2. The summed E-state index contributed by atoms with van der Waals surface area (Å²) >= 11 is 7.16. The molecule has 1 N–H and O–H groups in total. The molecule has 1 amide bonds. The van der Waals surface area contributed by atoms with E-state index in [0.29, 0.717) is 16.6 Å². The summed E-state index contributed by atoms with van der Waals surface area (Å²) in [5, 5.41) is 11.1. The van der Waals surface area contributed by atoms with E-state index in [2.05, 4.69) is 20.3 Å². The highest BCUT2D eigenvalue weighted by Crippen LogP contribution is 2.25. The van der Waals surface area contributed by atoms with Crippen LogP contribution in [0.1, 0.15) is 10.4 Å². The Hall–Kier alpha value is -2.84. The molecule has 0 aliphatic carbocycles. The highest BCUT2D eigenvalue weighted by Gasteiger charge is 2.14. The van der Waals surface area contributed by atoms with Gasteiger partial charge >= 0.3 is 5.97 Å². The Bertz CT molecular complexity index is 962. The monoisotopic (exact) mass is 403 g/mol. The normalized spacial score (nSPS) is 10.4. The number of nitrogens with one attached hydrogen (secondary N) is 1. The van der Waals surface area contributed by atoms with Crippen LogP contribution in [0.5, 0.6) is 0 Å². The number of amides is 1. The number of anilines is 1. The second-order valence-corrected chi connectivity index (χ2v) is 6.60. The van der Waals surface area contributed by atoms with Crippen molar-refractivity contribution < 1.29 is 18.7 Å². The Morgan fingerprint density at radius 1 is 1.19 bits per heavy atom. The molecule has 2 aromatic carbocycles. The van der Waals surface area contributed by atoms with Crippen LogP contribution in [-0.4, -0.2) is 34.9 Å². The Balaban J connectivity index is 1.61. The van der Waals surface area contributed by atoms with E-state index >= 15 is 0 Å². The SMILES string of the molecule is COC(=O)c1ccc(Cl)c(NC(=O)CSc2nnc(-c3ccccc3)o2)c1. The first-order valence-corrected chi connectivity index (χ1v) is 9.12. The highest BCUT2D eigenvalue weighted by molar-refractivity contribution is 7.99. The molecule has 27 heavy (non-hydrogen) atoms. The second kappa shape index (κ2) is 8.70. The van der Waals surface area contributed by atoms with Gasteiger partial charge in [0.2, 0.25) is 11.8 Å². The predicted molar refractivity (Wildman–Crippen MR) is 102 cm³/mol. The van der Waals surface area contributed by atoms with Crippen LogP contribution in [0.3, 0.4) is 0 Å². The number of aromatic nitrogens is 2. The zero-order chi connectivity index (χ0) is 19.2. The van der Waals surface area contributed by atoms with Gasteiger partial charge in [-0.15, -0.1) is 10.2 Å². The first-order chi connectivity index (χ1) is 13.1. The number of thioether (sulfide) groups is 1. The van der Waals surface area contributed by atoms with Crippen molar-refractivity contribution in [2.45, 2.75) is 5.22 Å². The first-order valence-electron chi connectivity index (χ1n) is 7.76. The second-order valence-electron chi connectivity index (χ2n) is 5.26. The number of carbonyl (C=O) groups is 2. The number of esters is 1. The number of hydrogen-bond donors (Lipinski definition) is 1. The van der Waals surface area contributed by atoms with Gasteiger partial charge in [-0.2, -0.15) is 0 Å². The van der Waals surface area contributed by atoms with Gasteiger partial charge in [-0.25, -0.2) is 4.79 Å². The lowest BCUT2D eigenvalue weighted by Crippen LogP contribution is -2.15. The molecule has 1 aromatic heterocycles. The summed E-state index contributed by atoms with van der Waals surface area (Å²) in [6.45, 7) is 0. The largest absolute Gasteiger partial charge is 0.465 e. The zero-order valence-electron chi connectivity index (χ0n) is 14.1. The van der Waals surface area contributed by atoms with Gasteiger partial charge in [-0.05, 0) is 30.3 Å². The fourth-order valence-corrected chi connectivity index (χ4v) is 2.87.